The maximum atomic E-state index is 12.1. The van der Waals surface area contributed by atoms with Crippen molar-refractivity contribution in [2.24, 2.45) is 5.73 Å². The van der Waals surface area contributed by atoms with E-state index in [0.717, 1.165) is 15.7 Å². The van der Waals surface area contributed by atoms with Crippen molar-refractivity contribution in [1.82, 2.24) is 0 Å². The Hall–Kier alpha value is -2.34. The minimum absolute atomic E-state index is 0.138. The number of nitrogens with one attached hydrogen (secondary N) is 2. The number of fused-ring (bicyclic) bond motifs is 1. The van der Waals surface area contributed by atoms with Crippen molar-refractivity contribution >= 4 is 39.1 Å². The number of carbonyl (C=O) groups is 2. The number of hydrogen-bond donors (Lipinski definition) is 3. The molecule has 0 radical (unpaired) electrons. The molecule has 1 heterocycles. The molecule has 1 aliphatic heterocycles. The summed E-state index contributed by atoms with van der Waals surface area (Å²) in [6.07, 6.45) is 0. The van der Waals surface area contributed by atoms with Crippen LogP contribution in [0.2, 0.25) is 0 Å². The third-order valence-corrected chi connectivity index (χ3v) is 4.01. The van der Waals surface area contributed by atoms with Crippen LogP contribution in [-0.2, 0) is 4.79 Å². The molecule has 1 atom stereocenters. The smallest absolute Gasteiger partial charge is 0.251 e. The van der Waals surface area contributed by atoms with Crippen molar-refractivity contribution in [3.05, 3.63) is 58.1 Å². The van der Waals surface area contributed by atoms with Crippen LogP contribution >= 0.6 is 15.9 Å². The maximum absolute atomic E-state index is 12.1. The molecular weight excluding hydrogens is 334 g/mol. The Labute approximate surface area is 129 Å². The molecule has 1 aliphatic rings. The van der Waals surface area contributed by atoms with Gasteiger partial charge in [-0.05, 0) is 30.3 Å². The molecule has 0 fully saturated rings. The van der Waals surface area contributed by atoms with Crippen LogP contribution in [0.15, 0.2) is 46.9 Å². The van der Waals surface area contributed by atoms with Gasteiger partial charge in [-0.3, -0.25) is 9.59 Å². The first-order chi connectivity index (χ1) is 10.1. The van der Waals surface area contributed by atoms with Crippen LogP contribution in [-0.4, -0.2) is 11.8 Å². The summed E-state index contributed by atoms with van der Waals surface area (Å²) in [6.45, 7) is 0. The Morgan fingerprint density at radius 3 is 2.76 bits per heavy atom. The molecule has 21 heavy (non-hydrogen) atoms. The molecule has 6 heteroatoms. The summed E-state index contributed by atoms with van der Waals surface area (Å²) in [5.41, 5.74) is 7.95. The number of benzene rings is 2. The normalized spacial score (nSPS) is 16.2. The summed E-state index contributed by atoms with van der Waals surface area (Å²) in [7, 11) is 0. The summed E-state index contributed by atoms with van der Waals surface area (Å²) in [5, 5.41) is 5.96. The van der Waals surface area contributed by atoms with Crippen molar-refractivity contribution in [3.63, 3.8) is 0 Å². The van der Waals surface area contributed by atoms with Gasteiger partial charge in [0.15, 0.2) is 0 Å². The second kappa shape index (κ2) is 5.21. The van der Waals surface area contributed by atoms with E-state index in [1.807, 2.05) is 18.2 Å². The standard InChI is InChI=1S/C15H12BrN3O2/c16-10-5-2-6-11-12(10)13(15(21)19-11)18-9-4-1-3-8(7-9)14(17)20/h1-7,13,18H,(H2,17,20)(H,19,21). The second-order valence-electron chi connectivity index (χ2n) is 4.71. The number of rotatable bonds is 3. The van der Waals surface area contributed by atoms with Gasteiger partial charge in [0, 0.05) is 27.0 Å². The molecular formula is C15H12BrN3O2. The van der Waals surface area contributed by atoms with Gasteiger partial charge in [0.1, 0.15) is 6.04 Å². The Balaban J connectivity index is 1.94. The maximum Gasteiger partial charge on any atom is 0.251 e. The number of halogens is 1. The highest BCUT2D eigenvalue weighted by Crippen LogP contribution is 2.38. The molecule has 106 valence electrons. The van der Waals surface area contributed by atoms with E-state index in [2.05, 4.69) is 26.6 Å². The monoisotopic (exact) mass is 345 g/mol. The fraction of sp³-hybridized carbons (Fsp3) is 0.0667. The van der Waals surface area contributed by atoms with Crippen LogP contribution < -0.4 is 16.4 Å². The molecule has 0 bridgehead atoms. The number of carbonyl (C=O) groups excluding carboxylic acids is 2. The van der Waals surface area contributed by atoms with Crippen molar-refractivity contribution in [3.8, 4) is 0 Å². The topological polar surface area (TPSA) is 84.2 Å². The van der Waals surface area contributed by atoms with Gasteiger partial charge in [0.05, 0.1) is 0 Å². The lowest BCUT2D eigenvalue weighted by atomic mass is 10.1. The van der Waals surface area contributed by atoms with Crippen molar-refractivity contribution in [2.45, 2.75) is 6.04 Å². The van der Waals surface area contributed by atoms with Crippen molar-refractivity contribution < 1.29 is 9.59 Å². The molecule has 0 aliphatic carbocycles. The van der Waals surface area contributed by atoms with Crippen LogP contribution in [0.5, 0.6) is 0 Å². The molecule has 5 nitrogen and oxygen atoms in total. The van der Waals surface area contributed by atoms with Crippen LogP contribution in [0.25, 0.3) is 0 Å². The average molecular weight is 346 g/mol. The molecule has 1 unspecified atom stereocenters. The van der Waals surface area contributed by atoms with Crippen molar-refractivity contribution in [1.29, 1.82) is 0 Å². The number of anilines is 2. The van der Waals surface area contributed by atoms with Crippen molar-refractivity contribution in [2.75, 3.05) is 10.6 Å². The molecule has 0 saturated carbocycles. The van der Waals surface area contributed by atoms with E-state index < -0.39 is 11.9 Å². The average Bonchev–Trinajstić information content (AvgIpc) is 2.77. The third-order valence-electron chi connectivity index (χ3n) is 3.32. The zero-order valence-corrected chi connectivity index (χ0v) is 12.5. The second-order valence-corrected chi connectivity index (χ2v) is 5.57. The van der Waals surface area contributed by atoms with Gasteiger partial charge in [-0.2, -0.15) is 0 Å². The van der Waals surface area contributed by atoms with E-state index in [4.69, 9.17) is 5.73 Å². The fourth-order valence-corrected chi connectivity index (χ4v) is 2.94. The van der Waals surface area contributed by atoms with Gasteiger partial charge in [-0.25, -0.2) is 0 Å². The lowest BCUT2D eigenvalue weighted by Gasteiger charge is -2.14. The highest BCUT2D eigenvalue weighted by molar-refractivity contribution is 9.10. The Morgan fingerprint density at radius 2 is 2.00 bits per heavy atom. The van der Waals surface area contributed by atoms with E-state index in [9.17, 15) is 9.59 Å². The van der Waals surface area contributed by atoms with Gasteiger partial charge in [0.2, 0.25) is 5.91 Å². The molecule has 0 saturated heterocycles. The Bertz CT molecular complexity index is 745. The predicted octanol–water partition coefficient (Wildman–Crippen LogP) is 2.65. The molecule has 0 spiro atoms. The first kappa shape index (κ1) is 13.6. The summed E-state index contributed by atoms with van der Waals surface area (Å²) in [5.74, 6) is -0.641. The number of hydrogen-bond acceptors (Lipinski definition) is 3. The quantitative estimate of drug-likeness (QED) is 0.799. The molecule has 2 aromatic rings. The zero-order chi connectivity index (χ0) is 15.0. The minimum atomic E-state index is -0.515. The Kier molecular flexibility index (Phi) is 3.39. The largest absolute Gasteiger partial charge is 0.370 e. The van der Waals surface area contributed by atoms with E-state index in [1.54, 1.807) is 24.3 Å². The highest BCUT2D eigenvalue weighted by Gasteiger charge is 2.32. The van der Waals surface area contributed by atoms with E-state index >= 15 is 0 Å². The van der Waals surface area contributed by atoms with Crippen LogP contribution in [0, 0.1) is 0 Å². The SMILES string of the molecule is NC(=O)c1cccc(NC2C(=O)Nc3cccc(Br)c32)c1. The summed E-state index contributed by atoms with van der Waals surface area (Å²) in [4.78, 5) is 23.3. The first-order valence-corrected chi connectivity index (χ1v) is 7.11. The van der Waals surface area contributed by atoms with Crippen LogP contribution in [0.3, 0.4) is 0 Å². The molecule has 3 rings (SSSR count). The number of nitrogens with two attached hydrogens (primary N) is 1. The van der Waals surface area contributed by atoms with Gasteiger partial charge < -0.3 is 16.4 Å². The minimum Gasteiger partial charge on any atom is -0.370 e. The summed E-state index contributed by atoms with van der Waals surface area (Å²) < 4.78 is 0.849. The number of primary amides is 1. The highest BCUT2D eigenvalue weighted by atomic mass is 79.9. The lowest BCUT2D eigenvalue weighted by Crippen LogP contribution is -2.20. The first-order valence-electron chi connectivity index (χ1n) is 6.32. The molecule has 4 N–H and O–H groups in total. The summed E-state index contributed by atoms with van der Waals surface area (Å²) >= 11 is 3.46. The van der Waals surface area contributed by atoms with E-state index in [1.165, 1.54) is 0 Å². The van der Waals surface area contributed by atoms with Crippen LogP contribution in [0.4, 0.5) is 11.4 Å². The number of amides is 2. The third kappa shape index (κ3) is 2.50. The van der Waals surface area contributed by atoms with E-state index in [-0.39, 0.29) is 5.91 Å². The van der Waals surface area contributed by atoms with Gasteiger partial charge >= 0.3 is 0 Å². The Morgan fingerprint density at radius 1 is 1.24 bits per heavy atom. The molecule has 2 aromatic carbocycles. The van der Waals surface area contributed by atoms with Gasteiger partial charge in [-0.15, -0.1) is 0 Å². The predicted molar refractivity (Wildman–Crippen MR) is 84.1 cm³/mol. The zero-order valence-electron chi connectivity index (χ0n) is 10.9. The molecule has 2 amide bonds. The summed E-state index contributed by atoms with van der Waals surface area (Å²) in [6, 6.07) is 11.8. The van der Waals surface area contributed by atoms with E-state index in [0.29, 0.717) is 11.3 Å². The lowest BCUT2D eigenvalue weighted by molar-refractivity contribution is -0.116. The van der Waals surface area contributed by atoms with Gasteiger partial charge in [0.25, 0.3) is 5.91 Å². The van der Waals surface area contributed by atoms with Crippen LogP contribution in [0.1, 0.15) is 22.0 Å². The molecule has 0 aromatic heterocycles. The fourth-order valence-electron chi connectivity index (χ4n) is 2.34. The van der Waals surface area contributed by atoms with Gasteiger partial charge in [-0.1, -0.05) is 28.1 Å².